The minimum atomic E-state index is -1.34. The quantitative estimate of drug-likeness (QED) is 0.837. The number of pyridine rings is 1. The Bertz CT molecular complexity index is 407. The molecule has 2 atom stereocenters. The van der Waals surface area contributed by atoms with Gasteiger partial charge in [0.1, 0.15) is 11.2 Å². The summed E-state index contributed by atoms with van der Waals surface area (Å²) in [7, 11) is 0. The molecule has 0 spiro atoms. The van der Waals surface area contributed by atoms with Crippen molar-refractivity contribution < 1.29 is 14.6 Å². The Kier molecular flexibility index (Phi) is 4.12. The van der Waals surface area contributed by atoms with Crippen LogP contribution in [-0.4, -0.2) is 21.7 Å². The largest absolute Gasteiger partial charge is 0.460 e. The molecule has 0 amide bonds. The number of hydrogen-bond donors (Lipinski definition) is 1. The first-order chi connectivity index (χ1) is 8.14. The van der Waals surface area contributed by atoms with Gasteiger partial charge in [-0.05, 0) is 46.8 Å². The van der Waals surface area contributed by atoms with Gasteiger partial charge in [0.05, 0.1) is 11.6 Å². The van der Waals surface area contributed by atoms with E-state index in [1.54, 1.807) is 59.0 Å². The Labute approximate surface area is 108 Å². The van der Waals surface area contributed by atoms with Crippen molar-refractivity contribution in [3.05, 3.63) is 30.1 Å². The van der Waals surface area contributed by atoms with Gasteiger partial charge in [0.25, 0.3) is 0 Å². The molecule has 0 fully saturated rings. The first kappa shape index (κ1) is 14.6. The number of carbonyl (C=O) groups is 1. The van der Waals surface area contributed by atoms with Crippen LogP contribution in [0.25, 0.3) is 0 Å². The second kappa shape index (κ2) is 5.06. The SMILES string of the molecule is CC(C(=O)OC(C)(C)C)C(C)(O)c1ccccn1. The third kappa shape index (κ3) is 3.53. The maximum absolute atomic E-state index is 12.0. The van der Waals surface area contributed by atoms with E-state index in [9.17, 15) is 9.90 Å². The van der Waals surface area contributed by atoms with E-state index in [-0.39, 0.29) is 0 Å². The highest BCUT2D eigenvalue weighted by atomic mass is 16.6. The lowest BCUT2D eigenvalue weighted by Gasteiger charge is -2.30. The Morgan fingerprint density at radius 3 is 2.39 bits per heavy atom. The van der Waals surface area contributed by atoms with Crippen molar-refractivity contribution in [3.63, 3.8) is 0 Å². The summed E-state index contributed by atoms with van der Waals surface area (Å²) in [6.45, 7) is 8.61. The zero-order valence-corrected chi connectivity index (χ0v) is 11.6. The van der Waals surface area contributed by atoms with Crippen molar-refractivity contribution >= 4 is 5.97 Å². The monoisotopic (exact) mass is 251 g/mol. The minimum absolute atomic E-state index is 0.432. The van der Waals surface area contributed by atoms with Crippen LogP contribution in [0.15, 0.2) is 24.4 Å². The average molecular weight is 251 g/mol. The number of rotatable bonds is 3. The molecule has 1 aromatic heterocycles. The van der Waals surface area contributed by atoms with Gasteiger partial charge in [-0.3, -0.25) is 9.78 Å². The summed E-state index contributed by atoms with van der Waals surface area (Å²) in [6.07, 6.45) is 1.59. The number of hydrogen-bond acceptors (Lipinski definition) is 4. The summed E-state index contributed by atoms with van der Waals surface area (Å²) in [6, 6.07) is 5.23. The number of esters is 1. The Morgan fingerprint density at radius 1 is 1.33 bits per heavy atom. The molecule has 0 aliphatic heterocycles. The van der Waals surface area contributed by atoms with Crippen molar-refractivity contribution in [2.45, 2.75) is 45.8 Å². The fraction of sp³-hybridized carbons (Fsp3) is 0.571. The predicted molar refractivity (Wildman–Crippen MR) is 68.8 cm³/mol. The van der Waals surface area contributed by atoms with E-state index in [4.69, 9.17) is 4.74 Å². The number of aliphatic hydroxyl groups is 1. The lowest BCUT2D eigenvalue weighted by Crippen LogP contribution is -2.39. The maximum Gasteiger partial charge on any atom is 0.312 e. The first-order valence-corrected chi connectivity index (χ1v) is 6.01. The molecule has 1 heterocycles. The highest BCUT2D eigenvalue weighted by molar-refractivity contribution is 5.74. The molecule has 0 radical (unpaired) electrons. The summed E-state index contributed by atoms with van der Waals surface area (Å²) in [5.74, 6) is -1.12. The van der Waals surface area contributed by atoms with E-state index in [1.807, 2.05) is 0 Å². The Morgan fingerprint density at radius 2 is 1.94 bits per heavy atom. The van der Waals surface area contributed by atoms with Crippen LogP contribution in [0.1, 0.15) is 40.3 Å². The summed E-state index contributed by atoms with van der Waals surface area (Å²) in [5.41, 5.74) is -1.45. The molecule has 1 N–H and O–H groups in total. The van der Waals surface area contributed by atoms with Gasteiger partial charge in [-0.1, -0.05) is 6.07 Å². The second-order valence-electron chi connectivity index (χ2n) is 5.62. The lowest BCUT2D eigenvalue weighted by molar-refractivity contribution is -0.168. The van der Waals surface area contributed by atoms with E-state index < -0.39 is 23.1 Å². The maximum atomic E-state index is 12.0. The molecule has 0 aromatic carbocycles. The molecule has 1 rings (SSSR count). The average Bonchev–Trinajstić information content (AvgIpc) is 2.27. The second-order valence-corrected chi connectivity index (χ2v) is 5.62. The molecule has 0 aliphatic carbocycles. The number of ether oxygens (including phenoxy) is 1. The predicted octanol–water partition coefficient (Wildman–Crippen LogP) is 2.27. The van der Waals surface area contributed by atoms with Crippen LogP contribution in [-0.2, 0) is 15.1 Å². The van der Waals surface area contributed by atoms with Crippen LogP contribution >= 0.6 is 0 Å². The van der Waals surface area contributed by atoms with Crippen molar-refractivity contribution in [2.75, 3.05) is 0 Å². The topological polar surface area (TPSA) is 59.4 Å². The van der Waals surface area contributed by atoms with Crippen LogP contribution in [0, 0.1) is 5.92 Å². The zero-order chi connectivity index (χ0) is 14.0. The van der Waals surface area contributed by atoms with Crippen LogP contribution in [0.3, 0.4) is 0 Å². The molecule has 0 bridgehead atoms. The number of carbonyl (C=O) groups excluding carboxylic acids is 1. The molecule has 2 unspecified atom stereocenters. The number of aromatic nitrogens is 1. The molecule has 4 nitrogen and oxygen atoms in total. The molecule has 1 aromatic rings. The highest BCUT2D eigenvalue weighted by Crippen LogP contribution is 2.29. The Balaban J connectivity index is 2.89. The van der Waals surface area contributed by atoms with Crippen molar-refractivity contribution in [3.8, 4) is 0 Å². The first-order valence-electron chi connectivity index (χ1n) is 6.01. The zero-order valence-electron chi connectivity index (χ0n) is 11.6. The fourth-order valence-electron chi connectivity index (χ4n) is 1.50. The van der Waals surface area contributed by atoms with Gasteiger partial charge in [-0.2, -0.15) is 0 Å². The van der Waals surface area contributed by atoms with E-state index in [0.29, 0.717) is 5.69 Å². The van der Waals surface area contributed by atoms with E-state index in [0.717, 1.165) is 0 Å². The van der Waals surface area contributed by atoms with E-state index in [2.05, 4.69) is 4.98 Å². The Hall–Kier alpha value is -1.42. The van der Waals surface area contributed by atoms with Gasteiger partial charge in [-0.25, -0.2) is 0 Å². The molecule has 18 heavy (non-hydrogen) atoms. The summed E-state index contributed by atoms with van der Waals surface area (Å²) in [4.78, 5) is 16.1. The van der Waals surface area contributed by atoms with Gasteiger partial charge < -0.3 is 9.84 Å². The molecular formula is C14H21NO3. The van der Waals surface area contributed by atoms with Crippen molar-refractivity contribution in [1.29, 1.82) is 0 Å². The van der Waals surface area contributed by atoms with Crippen LogP contribution in [0.2, 0.25) is 0 Å². The number of nitrogens with zero attached hydrogens (tertiary/aromatic N) is 1. The van der Waals surface area contributed by atoms with Gasteiger partial charge >= 0.3 is 5.97 Å². The van der Waals surface area contributed by atoms with Gasteiger partial charge in [0.15, 0.2) is 0 Å². The normalized spacial score (nSPS) is 16.8. The lowest BCUT2D eigenvalue weighted by atomic mass is 9.87. The van der Waals surface area contributed by atoms with Crippen LogP contribution in [0.4, 0.5) is 0 Å². The third-order valence-corrected chi connectivity index (χ3v) is 2.79. The summed E-state index contributed by atoms with van der Waals surface area (Å²) < 4.78 is 5.28. The van der Waals surface area contributed by atoms with Crippen LogP contribution < -0.4 is 0 Å². The smallest absolute Gasteiger partial charge is 0.312 e. The molecule has 0 saturated heterocycles. The van der Waals surface area contributed by atoms with Crippen molar-refractivity contribution in [1.82, 2.24) is 4.98 Å². The molecule has 0 aliphatic rings. The van der Waals surface area contributed by atoms with Crippen LogP contribution in [0.5, 0.6) is 0 Å². The standard InChI is InChI=1S/C14H21NO3/c1-10(12(16)18-13(2,3)4)14(5,17)11-8-6-7-9-15-11/h6-10,17H,1-5H3. The van der Waals surface area contributed by atoms with Crippen molar-refractivity contribution in [2.24, 2.45) is 5.92 Å². The van der Waals surface area contributed by atoms with Gasteiger partial charge in [0.2, 0.25) is 0 Å². The fourth-order valence-corrected chi connectivity index (χ4v) is 1.50. The summed E-state index contributed by atoms with van der Waals surface area (Å²) in [5, 5.41) is 10.5. The highest BCUT2D eigenvalue weighted by Gasteiger charge is 2.38. The minimum Gasteiger partial charge on any atom is -0.460 e. The van der Waals surface area contributed by atoms with E-state index in [1.165, 1.54) is 0 Å². The van der Waals surface area contributed by atoms with Gasteiger partial charge in [-0.15, -0.1) is 0 Å². The molecule has 4 heteroatoms. The van der Waals surface area contributed by atoms with Gasteiger partial charge in [0, 0.05) is 6.20 Å². The van der Waals surface area contributed by atoms with E-state index >= 15 is 0 Å². The molecular weight excluding hydrogens is 230 g/mol. The molecule has 100 valence electrons. The molecule has 0 saturated carbocycles. The third-order valence-electron chi connectivity index (χ3n) is 2.79. The summed E-state index contributed by atoms with van der Waals surface area (Å²) >= 11 is 0.